The third-order valence-electron chi connectivity index (χ3n) is 1.55. The normalized spacial score (nSPS) is 10.7. The van der Waals surface area contributed by atoms with Crippen molar-refractivity contribution >= 4 is 0 Å². The van der Waals surface area contributed by atoms with Crippen LogP contribution >= 0.6 is 0 Å². The van der Waals surface area contributed by atoms with Gasteiger partial charge in [0.25, 0.3) is 0 Å². The van der Waals surface area contributed by atoms with E-state index in [1.807, 2.05) is 0 Å². The highest BCUT2D eigenvalue weighted by molar-refractivity contribution is 4.53. The monoisotopic (exact) mass is 127 g/mol. The second-order valence-corrected chi connectivity index (χ2v) is 2.95. The Morgan fingerprint density at radius 3 is 2.33 bits per heavy atom. The van der Waals surface area contributed by atoms with Crippen molar-refractivity contribution in [1.29, 1.82) is 0 Å². The molecule has 0 aromatic heterocycles. The molecule has 0 aliphatic rings. The summed E-state index contributed by atoms with van der Waals surface area (Å²) in [6, 6.07) is 0. The molecule has 0 amide bonds. The maximum atomic E-state index is 3.94. The molecule has 0 heteroatoms. The van der Waals surface area contributed by atoms with Gasteiger partial charge in [-0.15, -0.1) is 0 Å². The van der Waals surface area contributed by atoms with Gasteiger partial charge in [-0.2, -0.15) is 0 Å². The molecule has 0 aliphatic heterocycles. The minimum absolute atomic E-state index is 0.654. The Balaban J connectivity index is 2.75. The predicted octanol–water partition coefficient (Wildman–Crippen LogP) is 3.43. The van der Waals surface area contributed by atoms with Crippen LogP contribution in [-0.2, 0) is 0 Å². The summed E-state index contributed by atoms with van der Waals surface area (Å²) in [6.07, 6.45) is 6.81. The lowest BCUT2D eigenvalue weighted by Gasteiger charge is -2.01. The molecule has 0 heterocycles. The highest BCUT2D eigenvalue weighted by Crippen LogP contribution is 2.08. The summed E-state index contributed by atoms with van der Waals surface area (Å²) in [6.45, 7) is 8.37. The van der Waals surface area contributed by atoms with Crippen molar-refractivity contribution in [2.45, 2.75) is 46.0 Å². The van der Waals surface area contributed by atoms with E-state index in [9.17, 15) is 0 Å². The third-order valence-corrected chi connectivity index (χ3v) is 1.55. The Bertz CT molecular complexity index is 46.0. The Kier molecular flexibility index (Phi) is 6.12. The molecule has 1 radical (unpaired) electrons. The van der Waals surface area contributed by atoms with Gasteiger partial charge in [0.05, 0.1) is 0 Å². The fourth-order valence-corrected chi connectivity index (χ4v) is 0.920. The van der Waals surface area contributed by atoms with Crippen molar-refractivity contribution in [3.63, 3.8) is 0 Å². The lowest BCUT2D eigenvalue weighted by molar-refractivity contribution is 0.559. The van der Waals surface area contributed by atoms with Gasteiger partial charge in [0, 0.05) is 0 Å². The fourth-order valence-electron chi connectivity index (χ4n) is 0.920. The van der Waals surface area contributed by atoms with Crippen LogP contribution in [0.3, 0.4) is 0 Å². The molecule has 0 aromatic carbocycles. The SMILES string of the molecule is [CH2]C(C)CCCCCC. The highest BCUT2D eigenvalue weighted by Gasteiger charge is 1.92. The van der Waals surface area contributed by atoms with Gasteiger partial charge in [-0.05, 0) is 5.92 Å². The van der Waals surface area contributed by atoms with E-state index in [2.05, 4.69) is 20.8 Å². The zero-order valence-electron chi connectivity index (χ0n) is 6.82. The molecule has 0 aromatic rings. The topological polar surface area (TPSA) is 0 Å². The van der Waals surface area contributed by atoms with E-state index in [4.69, 9.17) is 0 Å². The van der Waals surface area contributed by atoms with Gasteiger partial charge in [-0.3, -0.25) is 0 Å². The van der Waals surface area contributed by atoms with Crippen molar-refractivity contribution in [3.8, 4) is 0 Å². The van der Waals surface area contributed by atoms with E-state index in [0.29, 0.717) is 5.92 Å². The van der Waals surface area contributed by atoms with Crippen LogP contribution in [0.15, 0.2) is 0 Å². The van der Waals surface area contributed by atoms with E-state index in [1.54, 1.807) is 0 Å². The maximum Gasteiger partial charge on any atom is -0.0443 e. The second kappa shape index (κ2) is 6.12. The van der Waals surface area contributed by atoms with E-state index < -0.39 is 0 Å². The molecule has 0 fully saturated rings. The van der Waals surface area contributed by atoms with Crippen molar-refractivity contribution in [2.75, 3.05) is 0 Å². The van der Waals surface area contributed by atoms with Gasteiger partial charge in [0.1, 0.15) is 0 Å². The average Bonchev–Trinajstić information content (AvgIpc) is 1.80. The van der Waals surface area contributed by atoms with Crippen LogP contribution in [0.4, 0.5) is 0 Å². The first-order chi connectivity index (χ1) is 4.27. The Labute approximate surface area is 59.7 Å². The first-order valence-corrected chi connectivity index (χ1v) is 4.10. The number of hydrogen-bond acceptors (Lipinski definition) is 0. The molecule has 0 bridgehead atoms. The van der Waals surface area contributed by atoms with E-state index >= 15 is 0 Å². The zero-order chi connectivity index (χ0) is 7.11. The van der Waals surface area contributed by atoms with Crippen molar-refractivity contribution in [2.24, 2.45) is 5.92 Å². The average molecular weight is 127 g/mol. The molecular formula is C9H19. The van der Waals surface area contributed by atoms with Crippen LogP contribution in [0.2, 0.25) is 0 Å². The molecule has 0 aliphatic carbocycles. The number of rotatable bonds is 5. The highest BCUT2D eigenvalue weighted by atomic mass is 14.0. The van der Waals surface area contributed by atoms with Crippen LogP contribution in [0.5, 0.6) is 0 Å². The van der Waals surface area contributed by atoms with Gasteiger partial charge in [0.2, 0.25) is 0 Å². The lowest BCUT2D eigenvalue weighted by atomic mass is 10.1. The predicted molar refractivity (Wildman–Crippen MR) is 43.3 cm³/mol. The lowest BCUT2D eigenvalue weighted by Crippen LogP contribution is -1.86. The van der Waals surface area contributed by atoms with Crippen molar-refractivity contribution in [3.05, 3.63) is 6.92 Å². The van der Waals surface area contributed by atoms with Crippen LogP contribution < -0.4 is 0 Å². The smallest absolute Gasteiger partial charge is 0.0443 e. The Morgan fingerprint density at radius 2 is 1.89 bits per heavy atom. The fraction of sp³-hybridized carbons (Fsp3) is 0.889. The summed E-state index contributed by atoms with van der Waals surface area (Å²) in [5, 5.41) is 0. The molecule has 55 valence electrons. The molecule has 0 rings (SSSR count). The van der Waals surface area contributed by atoms with Crippen molar-refractivity contribution in [1.82, 2.24) is 0 Å². The summed E-state index contributed by atoms with van der Waals surface area (Å²) >= 11 is 0. The van der Waals surface area contributed by atoms with Gasteiger partial charge in [0.15, 0.2) is 0 Å². The van der Waals surface area contributed by atoms with E-state index in [-0.39, 0.29) is 0 Å². The van der Waals surface area contributed by atoms with Crippen LogP contribution in [0, 0.1) is 12.8 Å². The van der Waals surface area contributed by atoms with Crippen LogP contribution in [0.25, 0.3) is 0 Å². The standard InChI is InChI=1S/C9H19/c1-4-5-6-7-8-9(2)3/h9H,2,4-8H2,1,3H3. The first-order valence-electron chi connectivity index (χ1n) is 4.10. The van der Waals surface area contributed by atoms with Crippen LogP contribution in [-0.4, -0.2) is 0 Å². The summed E-state index contributed by atoms with van der Waals surface area (Å²) in [5.74, 6) is 0.654. The summed E-state index contributed by atoms with van der Waals surface area (Å²) < 4.78 is 0. The Hall–Kier alpha value is 0. The van der Waals surface area contributed by atoms with E-state index in [1.165, 1.54) is 32.1 Å². The van der Waals surface area contributed by atoms with Crippen LogP contribution in [0.1, 0.15) is 46.0 Å². The zero-order valence-corrected chi connectivity index (χ0v) is 6.82. The first kappa shape index (κ1) is 9.00. The van der Waals surface area contributed by atoms with Gasteiger partial charge < -0.3 is 0 Å². The molecule has 0 spiro atoms. The summed E-state index contributed by atoms with van der Waals surface area (Å²) in [5.41, 5.74) is 0. The van der Waals surface area contributed by atoms with Gasteiger partial charge in [-0.1, -0.05) is 52.9 Å². The minimum atomic E-state index is 0.654. The number of unbranched alkanes of at least 4 members (excludes halogenated alkanes) is 3. The number of hydrogen-bond donors (Lipinski definition) is 0. The molecule has 1 atom stereocenters. The Morgan fingerprint density at radius 1 is 1.22 bits per heavy atom. The molecule has 0 saturated carbocycles. The van der Waals surface area contributed by atoms with Gasteiger partial charge in [-0.25, -0.2) is 0 Å². The quantitative estimate of drug-likeness (QED) is 0.496. The van der Waals surface area contributed by atoms with Gasteiger partial charge >= 0.3 is 0 Å². The molecular weight excluding hydrogens is 108 g/mol. The molecule has 9 heavy (non-hydrogen) atoms. The summed E-state index contributed by atoms with van der Waals surface area (Å²) in [4.78, 5) is 0. The molecule has 0 nitrogen and oxygen atoms in total. The van der Waals surface area contributed by atoms with Crippen molar-refractivity contribution < 1.29 is 0 Å². The largest absolute Gasteiger partial charge is 0.0654 e. The minimum Gasteiger partial charge on any atom is -0.0654 e. The van der Waals surface area contributed by atoms with E-state index in [0.717, 1.165) is 0 Å². The molecule has 1 unspecified atom stereocenters. The molecule has 0 saturated heterocycles. The third kappa shape index (κ3) is 8.00. The second-order valence-electron chi connectivity index (χ2n) is 2.95. The summed E-state index contributed by atoms with van der Waals surface area (Å²) in [7, 11) is 0. The maximum absolute atomic E-state index is 3.94. The molecule has 0 N–H and O–H groups in total.